The Bertz CT molecular complexity index is 146. The van der Waals surface area contributed by atoms with Gasteiger partial charge in [-0.25, -0.2) is 0 Å². The van der Waals surface area contributed by atoms with E-state index in [-0.39, 0.29) is 0 Å². The van der Waals surface area contributed by atoms with E-state index >= 15 is 0 Å². The molecule has 1 aliphatic heterocycles. The lowest BCUT2D eigenvalue weighted by Crippen LogP contribution is -2.41. The van der Waals surface area contributed by atoms with Crippen LogP contribution in [0, 0.1) is 0 Å². The topological polar surface area (TPSA) is 20.2 Å². The molecule has 11 heavy (non-hydrogen) atoms. The summed E-state index contributed by atoms with van der Waals surface area (Å²) in [6.07, 6.45) is 4.64. The molecular formula is C9H16OS. The maximum Gasteiger partial charge on any atom is 0.0797 e. The molecule has 1 nitrogen and oxygen atoms in total. The van der Waals surface area contributed by atoms with E-state index in [0.29, 0.717) is 5.25 Å². The van der Waals surface area contributed by atoms with Crippen molar-refractivity contribution in [3.63, 3.8) is 0 Å². The quantitative estimate of drug-likeness (QED) is 0.644. The van der Waals surface area contributed by atoms with Gasteiger partial charge in [0.15, 0.2) is 0 Å². The Morgan fingerprint density at radius 1 is 1.82 bits per heavy atom. The smallest absolute Gasteiger partial charge is 0.0797 e. The van der Waals surface area contributed by atoms with E-state index < -0.39 is 5.60 Å². The molecule has 2 heteroatoms. The lowest BCUT2D eigenvalue weighted by molar-refractivity contribution is 0.0325. The van der Waals surface area contributed by atoms with Crippen molar-refractivity contribution < 1.29 is 5.11 Å². The second-order valence-corrected chi connectivity index (χ2v) is 4.66. The maximum absolute atomic E-state index is 10.0. The molecule has 0 aromatic rings. The van der Waals surface area contributed by atoms with E-state index in [4.69, 9.17) is 0 Å². The lowest BCUT2D eigenvalue weighted by Gasteiger charge is -2.36. The Kier molecular flexibility index (Phi) is 3.02. The molecule has 0 aliphatic carbocycles. The molecule has 1 fully saturated rings. The van der Waals surface area contributed by atoms with Crippen LogP contribution in [0.2, 0.25) is 0 Å². The Morgan fingerprint density at radius 3 is 3.09 bits per heavy atom. The first-order valence-corrected chi connectivity index (χ1v) is 5.19. The van der Waals surface area contributed by atoms with E-state index in [1.807, 2.05) is 17.8 Å². The van der Waals surface area contributed by atoms with E-state index in [9.17, 15) is 5.11 Å². The summed E-state index contributed by atoms with van der Waals surface area (Å²) in [5, 5.41) is 10.4. The van der Waals surface area contributed by atoms with Gasteiger partial charge in [0.25, 0.3) is 0 Å². The second kappa shape index (κ2) is 3.63. The van der Waals surface area contributed by atoms with Crippen LogP contribution in [-0.2, 0) is 0 Å². The molecule has 0 spiro atoms. The fourth-order valence-electron chi connectivity index (χ4n) is 1.51. The largest absolute Gasteiger partial charge is 0.388 e. The first kappa shape index (κ1) is 9.14. The summed E-state index contributed by atoms with van der Waals surface area (Å²) in [6.45, 7) is 5.77. The highest BCUT2D eigenvalue weighted by atomic mass is 32.2. The molecule has 2 unspecified atom stereocenters. The average Bonchev–Trinajstić information content (AvgIpc) is 1.96. The van der Waals surface area contributed by atoms with Crippen molar-refractivity contribution in [2.75, 3.05) is 5.75 Å². The molecule has 0 aromatic carbocycles. The lowest BCUT2D eigenvalue weighted by atomic mass is 9.90. The summed E-state index contributed by atoms with van der Waals surface area (Å²) in [4.78, 5) is 0. The van der Waals surface area contributed by atoms with Gasteiger partial charge in [-0.05, 0) is 25.0 Å². The SMILES string of the molecule is C=CCC1(O)CCCSC1C. The molecule has 1 rings (SSSR count). The van der Waals surface area contributed by atoms with Crippen LogP contribution in [0.4, 0.5) is 0 Å². The van der Waals surface area contributed by atoms with Crippen molar-refractivity contribution in [3.8, 4) is 0 Å². The highest BCUT2D eigenvalue weighted by Gasteiger charge is 2.34. The molecule has 1 saturated heterocycles. The third-order valence-corrected chi connectivity index (χ3v) is 3.84. The molecule has 1 heterocycles. The number of rotatable bonds is 2. The number of hydrogen-bond acceptors (Lipinski definition) is 2. The van der Waals surface area contributed by atoms with Gasteiger partial charge in [0.1, 0.15) is 0 Å². The van der Waals surface area contributed by atoms with E-state index in [1.165, 1.54) is 5.75 Å². The van der Waals surface area contributed by atoms with Crippen LogP contribution in [0.1, 0.15) is 26.2 Å². The van der Waals surface area contributed by atoms with Gasteiger partial charge in [0.05, 0.1) is 5.60 Å². The number of aliphatic hydroxyl groups is 1. The molecule has 0 saturated carbocycles. The van der Waals surface area contributed by atoms with Crippen LogP contribution >= 0.6 is 11.8 Å². The fourth-order valence-corrected chi connectivity index (χ4v) is 2.70. The third-order valence-electron chi connectivity index (χ3n) is 2.38. The minimum Gasteiger partial charge on any atom is -0.388 e. The summed E-state index contributed by atoms with van der Waals surface area (Å²) in [7, 11) is 0. The van der Waals surface area contributed by atoms with Crippen LogP contribution in [0.15, 0.2) is 12.7 Å². The summed E-state index contributed by atoms with van der Waals surface area (Å²) < 4.78 is 0. The Balaban J connectivity index is 2.56. The Labute approximate surface area is 72.9 Å². The first-order chi connectivity index (χ1) is 5.19. The first-order valence-electron chi connectivity index (χ1n) is 4.14. The van der Waals surface area contributed by atoms with Crippen molar-refractivity contribution in [3.05, 3.63) is 12.7 Å². The molecular weight excluding hydrogens is 156 g/mol. The summed E-state index contributed by atoms with van der Waals surface area (Å²) in [5.41, 5.74) is -0.468. The third kappa shape index (κ3) is 2.00. The molecule has 1 aliphatic rings. The predicted molar refractivity (Wildman–Crippen MR) is 50.9 cm³/mol. The van der Waals surface area contributed by atoms with Gasteiger partial charge in [-0.15, -0.1) is 6.58 Å². The molecule has 0 radical (unpaired) electrons. The zero-order chi connectivity index (χ0) is 8.32. The zero-order valence-electron chi connectivity index (χ0n) is 7.05. The summed E-state index contributed by atoms with van der Waals surface area (Å²) >= 11 is 1.87. The minimum atomic E-state index is -0.468. The van der Waals surface area contributed by atoms with Crippen molar-refractivity contribution in [2.24, 2.45) is 0 Å². The van der Waals surface area contributed by atoms with Gasteiger partial charge >= 0.3 is 0 Å². The van der Waals surface area contributed by atoms with E-state index in [2.05, 4.69) is 13.5 Å². The number of thioether (sulfide) groups is 1. The van der Waals surface area contributed by atoms with Crippen molar-refractivity contribution >= 4 is 11.8 Å². The normalized spacial score (nSPS) is 38.5. The van der Waals surface area contributed by atoms with Gasteiger partial charge < -0.3 is 5.11 Å². The summed E-state index contributed by atoms with van der Waals surface area (Å²) in [5.74, 6) is 1.20. The highest BCUT2D eigenvalue weighted by Crippen LogP contribution is 2.36. The molecule has 1 N–H and O–H groups in total. The maximum atomic E-state index is 10.0. The Morgan fingerprint density at radius 2 is 2.55 bits per heavy atom. The molecule has 0 aromatic heterocycles. The van der Waals surface area contributed by atoms with Gasteiger partial charge in [-0.3, -0.25) is 0 Å². The summed E-state index contributed by atoms with van der Waals surface area (Å²) in [6, 6.07) is 0. The van der Waals surface area contributed by atoms with Crippen LogP contribution < -0.4 is 0 Å². The van der Waals surface area contributed by atoms with Gasteiger partial charge in [0.2, 0.25) is 0 Å². The van der Waals surface area contributed by atoms with Crippen LogP contribution in [0.25, 0.3) is 0 Å². The van der Waals surface area contributed by atoms with Gasteiger partial charge in [0, 0.05) is 5.25 Å². The van der Waals surface area contributed by atoms with Crippen molar-refractivity contribution in [2.45, 2.75) is 37.0 Å². The average molecular weight is 172 g/mol. The molecule has 64 valence electrons. The molecule has 2 atom stereocenters. The standard InChI is InChI=1S/C9H16OS/c1-3-5-9(10)6-4-7-11-8(9)2/h3,8,10H,1,4-7H2,2H3. The van der Waals surface area contributed by atoms with E-state index in [1.54, 1.807) is 0 Å². The zero-order valence-corrected chi connectivity index (χ0v) is 7.86. The van der Waals surface area contributed by atoms with Gasteiger partial charge in [-0.1, -0.05) is 13.0 Å². The van der Waals surface area contributed by atoms with Crippen molar-refractivity contribution in [1.82, 2.24) is 0 Å². The van der Waals surface area contributed by atoms with Gasteiger partial charge in [-0.2, -0.15) is 11.8 Å². The fraction of sp³-hybridized carbons (Fsp3) is 0.778. The van der Waals surface area contributed by atoms with Crippen LogP contribution in [-0.4, -0.2) is 21.7 Å². The number of hydrogen-bond donors (Lipinski definition) is 1. The molecule has 0 amide bonds. The van der Waals surface area contributed by atoms with Crippen molar-refractivity contribution in [1.29, 1.82) is 0 Å². The minimum absolute atomic E-state index is 0.370. The van der Waals surface area contributed by atoms with Crippen LogP contribution in [0.5, 0.6) is 0 Å². The van der Waals surface area contributed by atoms with E-state index in [0.717, 1.165) is 19.3 Å². The second-order valence-electron chi connectivity index (χ2n) is 3.21. The van der Waals surface area contributed by atoms with Crippen LogP contribution in [0.3, 0.4) is 0 Å². The highest BCUT2D eigenvalue weighted by molar-refractivity contribution is 8.00. The Hall–Kier alpha value is 0.0500. The predicted octanol–water partition coefficient (Wildman–Crippen LogP) is 2.21. The monoisotopic (exact) mass is 172 g/mol. The molecule has 0 bridgehead atoms.